The number of carbonyl (C=O) groups excluding carboxylic acids is 1. The van der Waals surface area contributed by atoms with E-state index in [4.69, 9.17) is 10.5 Å². The molecule has 1 aliphatic rings. The molecule has 0 atom stereocenters. The van der Waals surface area contributed by atoms with Gasteiger partial charge in [0.05, 0.1) is 12.3 Å². The number of rotatable bonds is 6. The Hall–Kier alpha value is -1.66. The maximum absolute atomic E-state index is 12.2. The zero-order valence-electron chi connectivity index (χ0n) is 12.0. The van der Waals surface area contributed by atoms with Gasteiger partial charge in [0.25, 0.3) is 5.91 Å². The molecule has 3 N–H and O–H groups in total. The van der Waals surface area contributed by atoms with Gasteiger partial charge in [-0.15, -0.1) is 11.3 Å². The van der Waals surface area contributed by atoms with Crippen LogP contribution in [0.4, 0.5) is 5.69 Å². The Bertz CT molecular complexity index is 664. The van der Waals surface area contributed by atoms with Crippen LogP contribution in [-0.4, -0.2) is 30.6 Å². The summed E-state index contributed by atoms with van der Waals surface area (Å²) < 4.78 is 5.49. The molecule has 6 heteroatoms. The molecule has 3 rings (SSSR count). The van der Waals surface area contributed by atoms with Crippen LogP contribution in [0.2, 0.25) is 0 Å². The van der Waals surface area contributed by atoms with Crippen molar-refractivity contribution in [1.29, 1.82) is 0 Å². The number of aryl methyl sites for hydroxylation is 1. The Morgan fingerprint density at radius 2 is 2.33 bits per heavy atom. The number of carbonyl (C=O) groups is 1. The van der Waals surface area contributed by atoms with Gasteiger partial charge in [-0.1, -0.05) is 0 Å². The van der Waals surface area contributed by atoms with E-state index < -0.39 is 0 Å². The Kier molecular flexibility index (Phi) is 4.07. The predicted molar refractivity (Wildman–Crippen MR) is 84.6 cm³/mol. The van der Waals surface area contributed by atoms with Crippen molar-refractivity contribution in [3.63, 3.8) is 0 Å². The second kappa shape index (κ2) is 5.99. The lowest BCUT2D eigenvalue weighted by Gasteiger charge is -2.05. The van der Waals surface area contributed by atoms with Crippen molar-refractivity contribution in [3.05, 3.63) is 22.7 Å². The number of aromatic nitrogens is 1. The summed E-state index contributed by atoms with van der Waals surface area (Å²) in [5.74, 6) is 0.594. The molecule has 1 saturated carbocycles. The monoisotopic (exact) mass is 305 g/mol. The molecule has 2 aromatic heterocycles. The summed E-state index contributed by atoms with van der Waals surface area (Å²) in [4.78, 5) is 17.9. The molecule has 0 spiro atoms. The van der Waals surface area contributed by atoms with Gasteiger partial charge in [-0.05, 0) is 37.8 Å². The molecule has 0 aromatic carbocycles. The van der Waals surface area contributed by atoms with Gasteiger partial charge < -0.3 is 15.8 Å². The van der Waals surface area contributed by atoms with Crippen molar-refractivity contribution < 1.29 is 9.53 Å². The Morgan fingerprint density at radius 1 is 1.52 bits per heavy atom. The van der Waals surface area contributed by atoms with E-state index in [1.54, 1.807) is 0 Å². The van der Waals surface area contributed by atoms with Crippen molar-refractivity contribution in [2.24, 2.45) is 5.92 Å². The molecule has 1 fully saturated rings. The first-order valence-electron chi connectivity index (χ1n) is 7.16. The molecule has 0 aliphatic heterocycles. The van der Waals surface area contributed by atoms with Gasteiger partial charge >= 0.3 is 0 Å². The summed E-state index contributed by atoms with van der Waals surface area (Å²) in [6, 6.07) is 3.82. The summed E-state index contributed by atoms with van der Waals surface area (Å²) in [7, 11) is 0. The average molecular weight is 305 g/mol. The van der Waals surface area contributed by atoms with Crippen molar-refractivity contribution >= 4 is 33.1 Å². The number of nitrogens with one attached hydrogen (secondary N) is 1. The molecule has 0 saturated heterocycles. The minimum atomic E-state index is -0.150. The first kappa shape index (κ1) is 14.3. The van der Waals surface area contributed by atoms with Gasteiger partial charge in [0, 0.05) is 24.2 Å². The molecule has 2 heterocycles. The summed E-state index contributed by atoms with van der Waals surface area (Å²) in [5, 5.41) is 3.70. The van der Waals surface area contributed by atoms with Crippen LogP contribution in [0.25, 0.3) is 10.2 Å². The highest BCUT2D eigenvalue weighted by Crippen LogP contribution is 2.32. The first-order chi connectivity index (χ1) is 10.1. The number of pyridine rings is 1. The van der Waals surface area contributed by atoms with Crippen molar-refractivity contribution in [2.45, 2.75) is 19.8 Å². The molecule has 21 heavy (non-hydrogen) atoms. The van der Waals surface area contributed by atoms with E-state index in [0.717, 1.165) is 28.4 Å². The molecule has 2 aromatic rings. The highest BCUT2D eigenvalue weighted by Gasteiger charge is 2.21. The minimum absolute atomic E-state index is 0.150. The normalized spacial score (nSPS) is 14.5. The largest absolute Gasteiger partial charge is 0.397 e. The van der Waals surface area contributed by atoms with Gasteiger partial charge in [0.2, 0.25) is 0 Å². The molecule has 0 unspecified atom stereocenters. The maximum Gasteiger partial charge on any atom is 0.263 e. The third-order valence-corrected chi connectivity index (χ3v) is 4.64. The third kappa shape index (κ3) is 3.33. The van der Waals surface area contributed by atoms with Crippen molar-refractivity contribution in [3.8, 4) is 0 Å². The summed E-state index contributed by atoms with van der Waals surface area (Å²) in [6.45, 7) is 3.78. The molecular weight excluding hydrogens is 286 g/mol. The fourth-order valence-electron chi connectivity index (χ4n) is 2.11. The lowest BCUT2D eigenvalue weighted by molar-refractivity contribution is 0.0911. The van der Waals surface area contributed by atoms with Crippen LogP contribution in [0.15, 0.2) is 12.1 Å². The van der Waals surface area contributed by atoms with Crippen LogP contribution in [0.5, 0.6) is 0 Å². The summed E-state index contributed by atoms with van der Waals surface area (Å²) in [5.41, 5.74) is 7.48. The fourth-order valence-corrected chi connectivity index (χ4v) is 3.17. The highest BCUT2D eigenvalue weighted by atomic mass is 32.1. The lowest BCUT2D eigenvalue weighted by Crippen LogP contribution is -2.27. The molecule has 0 bridgehead atoms. The maximum atomic E-state index is 12.2. The van der Waals surface area contributed by atoms with E-state index in [0.29, 0.717) is 23.7 Å². The summed E-state index contributed by atoms with van der Waals surface area (Å²) >= 11 is 1.34. The molecule has 5 nitrogen and oxygen atoms in total. The van der Waals surface area contributed by atoms with E-state index >= 15 is 0 Å². The Morgan fingerprint density at radius 3 is 3.10 bits per heavy atom. The molecule has 0 radical (unpaired) electrons. The zero-order chi connectivity index (χ0) is 14.8. The second-order valence-corrected chi connectivity index (χ2v) is 6.42. The second-order valence-electron chi connectivity index (χ2n) is 5.42. The van der Waals surface area contributed by atoms with E-state index in [9.17, 15) is 4.79 Å². The highest BCUT2D eigenvalue weighted by molar-refractivity contribution is 7.21. The number of amides is 1. The van der Waals surface area contributed by atoms with Gasteiger partial charge in [0.1, 0.15) is 9.71 Å². The molecule has 1 aliphatic carbocycles. The number of hydrogen-bond acceptors (Lipinski definition) is 5. The summed E-state index contributed by atoms with van der Waals surface area (Å²) in [6.07, 6.45) is 2.55. The number of nitrogens with zero attached hydrogens (tertiary/aromatic N) is 1. The Labute approximate surface area is 127 Å². The number of nitrogen functional groups attached to an aromatic ring is 1. The van der Waals surface area contributed by atoms with Crippen molar-refractivity contribution in [1.82, 2.24) is 10.3 Å². The number of thiophene rings is 1. The number of fused-ring (bicyclic) bond motifs is 1. The van der Waals surface area contributed by atoms with Crippen LogP contribution < -0.4 is 11.1 Å². The van der Waals surface area contributed by atoms with E-state index in [-0.39, 0.29) is 5.91 Å². The molecule has 112 valence electrons. The quantitative estimate of drug-likeness (QED) is 0.803. The van der Waals surface area contributed by atoms with Crippen LogP contribution in [0, 0.1) is 12.8 Å². The van der Waals surface area contributed by atoms with E-state index in [1.807, 2.05) is 19.1 Å². The zero-order valence-corrected chi connectivity index (χ0v) is 12.8. The lowest BCUT2D eigenvalue weighted by atomic mass is 10.2. The SMILES string of the molecule is Cc1ccc2c(N)c(C(=O)NCCOCC3CC3)sc2n1. The molecule has 1 amide bonds. The minimum Gasteiger partial charge on any atom is -0.397 e. The standard InChI is InChI=1S/C15H19N3O2S/c1-9-2-5-11-12(16)13(21-15(11)18-9)14(19)17-6-7-20-8-10-3-4-10/h2,5,10H,3-4,6-8,16H2,1H3,(H,17,19). The van der Waals surface area contributed by atoms with Crippen molar-refractivity contribution in [2.75, 3.05) is 25.5 Å². The van der Waals surface area contributed by atoms with Crippen LogP contribution in [-0.2, 0) is 4.74 Å². The average Bonchev–Trinajstić information content (AvgIpc) is 3.22. The van der Waals surface area contributed by atoms with Gasteiger partial charge in [-0.25, -0.2) is 4.98 Å². The number of ether oxygens (including phenoxy) is 1. The smallest absolute Gasteiger partial charge is 0.263 e. The fraction of sp³-hybridized carbons (Fsp3) is 0.467. The molecular formula is C15H19N3O2S. The predicted octanol–water partition coefficient (Wildman–Crippen LogP) is 2.34. The van der Waals surface area contributed by atoms with Crippen LogP contribution >= 0.6 is 11.3 Å². The third-order valence-electron chi connectivity index (χ3n) is 3.52. The van der Waals surface area contributed by atoms with Crippen LogP contribution in [0.3, 0.4) is 0 Å². The van der Waals surface area contributed by atoms with E-state index in [1.165, 1.54) is 24.2 Å². The van der Waals surface area contributed by atoms with Gasteiger partial charge in [-0.3, -0.25) is 4.79 Å². The van der Waals surface area contributed by atoms with Gasteiger partial charge in [-0.2, -0.15) is 0 Å². The van der Waals surface area contributed by atoms with E-state index in [2.05, 4.69) is 10.3 Å². The Balaban J connectivity index is 1.59. The first-order valence-corrected chi connectivity index (χ1v) is 7.98. The van der Waals surface area contributed by atoms with Crippen LogP contribution in [0.1, 0.15) is 28.2 Å². The number of hydrogen-bond donors (Lipinski definition) is 2. The number of nitrogens with two attached hydrogens (primary N) is 1. The number of anilines is 1. The topological polar surface area (TPSA) is 77.2 Å². The van der Waals surface area contributed by atoms with Gasteiger partial charge in [0.15, 0.2) is 0 Å².